The Morgan fingerprint density at radius 2 is 1.79 bits per heavy atom. The second-order valence-corrected chi connectivity index (χ2v) is 5.98. The summed E-state index contributed by atoms with van der Waals surface area (Å²) in [4.78, 5) is 9.23. The van der Waals surface area contributed by atoms with Gasteiger partial charge in [0.1, 0.15) is 0 Å². The molecular weight excluding hydrogens is 324 g/mol. The Balaban J connectivity index is 1.58. The van der Waals surface area contributed by atoms with Crippen molar-refractivity contribution in [2.45, 2.75) is 0 Å². The number of fused-ring (bicyclic) bond motifs is 2. The monoisotopic (exact) mass is 334 g/mol. The molecule has 5 aromatic rings. The number of hydrogen-bond acceptors (Lipinski definition) is 3. The summed E-state index contributed by atoms with van der Waals surface area (Å²) >= 11 is 5.93. The lowest BCUT2D eigenvalue weighted by molar-refractivity contribution is 0.880. The summed E-state index contributed by atoms with van der Waals surface area (Å²) in [7, 11) is 0. The third kappa shape index (κ3) is 2.08. The first kappa shape index (κ1) is 13.3. The van der Waals surface area contributed by atoms with E-state index in [1.807, 2.05) is 48.8 Å². The Labute approximate surface area is 141 Å². The van der Waals surface area contributed by atoms with Crippen LogP contribution in [0.3, 0.4) is 0 Å². The summed E-state index contributed by atoms with van der Waals surface area (Å²) in [6.07, 6.45) is 5.58. The van der Waals surface area contributed by atoms with Crippen molar-refractivity contribution in [3.05, 3.63) is 60.0 Å². The molecule has 0 atom stereocenters. The van der Waals surface area contributed by atoms with Crippen molar-refractivity contribution < 1.29 is 0 Å². The van der Waals surface area contributed by atoms with E-state index in [-0.39, 0.29) is 0 Å². The molecule has 0 aliphatic rings. The molecule has 0 unspecified atom stereocenters. The molecule has 116 valence electrons. The minimum absolute atomic E-state index is 0.668. The van der Waals surface area contributed by atoms with E-state index in [0.717, 1.165) is 33.2 Å². The summed E-state index contributed by atoms with van der Waals surface area (Å²) in [5, 5.41) is 12.2. The summed E-state index contributed by atoms with van der Waals surface area (Å²) in [6, 6.07) is 11.5. The summed E-state index contributed by atoms with van der Waals surface area (Å²) in [6.45, 7) is 0. The van der Waals surface area contributed by atoms with E-state index in [4.69, 9.17) is 11.6 Å². The highest BCUT2D eigenvalue weighted by Gasteiger charge is 2.11. The number of aromatic nitrogens is 6. The molecule has 0 aliphatic heterocycles. The van der Waals surface area contributed by atoms with Crippen LogP contribution in [0.2, 0.25) is 5.02 Å². The minimum Gasteiger partial charge on any atom is -0.307 e. The second-order valence-electron chi connectivity index (χ2n) is 5.54. The van der Waals surface area contributed by atoms with E-state index >= 15 is 0 Å². The van der Waals surface area contributed by atoms with Crippen LogP contribution in [-0.2, 0) is 0 Å². The predicted molar refractivity (Wildman–Crippen MR) is 93.3 cm³/mol. The predicted octanol–water partition coefficient (Wildman–Crippen LogP) is 3.95. The van der Waals surface area contributed by atoms with Gasteiger partial charge in [-0.25, -0.2) is 14.6 Å². The molecule has 0 saturated carbocycles. The van der Waals surface area contributed by atoms with Crippen LogP contribution >= 0.6 is 11.6 Å². The molecule has 0 aliphatic carbocycles. The van der Waals surface area contributed by atoms with Gasteiger partial charge in [-0.15, -0.1) is 0 Å². The first-order valence-electron chi connectivity index (χ1n) is 7.40. The maximum absolute atomic E-state index is 5.93. The second kappa shape index (κ2) is 4.94. The quantitative estimate of drug-likeness (QED) is 0.513. The Bertz CT molecular complexity index is 1120. The summed E-state index contributed by atoms with van der Waals surface area (Å²) in [5.74, 6) is 0.668. The van der Waals surface area contributed by atoms with E-state index in [1.165, 1.54) is 0 Å². The van der Waals surface area contributed by atoms with Crippen LogP contribution < -0.4 is 0 Å². The third-order valence-corrected chi connectivity index (χ3v) is 4.22. The van der Waals surface area contributed by atoms with Crippen molar-refractivity contribution in [2.24, 2.45) is 0 Å². The Morgan fingerprint density at radius 1 is 1.00 bits per heavy atom. The van der Waals surface area contributed by atoms with E-state index in [1.54, 1.807) is 10.9 Å². The van der Waals surface area contributed by atoms with Crippen molar-refractivity contribution in [3.8, 4) is 17.1 Å². The van der Waals surface area contributed by atoms with Gasteiger partial charge in [-0.3, -0.25) is 0 Å². The van der Waals surface area contributed by atoms with Crippen LogP contribution in [0.25, 0.3) is 39.0 Å². The number of H-pyrrole nitrogens is 2. The van der Waals surface area contributed by atoms with Crippen molar-refractivity contribution in [1.29, 1.82) is 0 Å². The van der Waals surface area contributed by atoms with E-state index < -0.39 is 0 Å². The molecule has 0 fully saturated rings. The highest BCUT2D eigenvalue weighted by molar-refractivity contribution is 6.30. The molecule has 7 heteroatoms. The molecule has 5 rings (SSSR count). The minimum atomic E-state index is 0.668. The number of aromatic amines is 2. The number of nitrogens with zero attached hydrogens (tertiary/aromatic N) is 4. The molecule has 24 heavy (non-hydrogen) atoms. The number of halogens is 1. The molecule has 2 N–H and O–H groups in total. The van der Waals surface area contributed by atoms with Gasteiger partial charge in [-0.2, -0.15) is 5.10 Å². The molecule has 0 radical (unpaired) electrons. The van der Waals surface area contributed by atoms with Crippen LogP contribution in [0.4, 0.5) is 0 Å². The highest BCUT2D eigenvalue weighted by Crippen LogP contribution is 2.24. The maximum Gasteiger partial charge on any atom is 0.163 e. The summed E-state index contributed by atoms with van der Waals surface area (Å²) < 4.78 is 1.78. The molecule has 2 aromatic carbocycles. The fourth-order valence-corrected chi connectivity index (χ4v) is 2.87. The van der Waals surface area contributed by atoms with E-state index in [9.17, 15) is 0 Å². The lowest BCUT2D eigenvalue weighted by Crippen LogP contribution is -1.92. The smallest absolute Gasteiger partial charge is 0.163 e. The number of benzene rings is 2. The first-order valence-corrected chi connectivity index (χ1v) is 7.78. The molecule has 0 saturated heterocycles. The van der Waals surface area contributed by atoms with Crippen molar-refractivity contribution >= 4 is 33.5 Å². The highest BCUT2D eigenvalue weighted by atomic mass is 35.5. The zero-order valence-corrected chi connectivity index (χ0v) is 13.1. The molecule has 3 aromatic heterocycles. The average molecular weight is 335 g/mol. The van der Waals surface area contributed by atoms with Crippen LogP contribution in [0.1, 0.15) is 0 Å². The Kier molecular flexibility index (Phi) is 2.74. The van der Waals surface area contributed by atoms with Crippen molar-refractivity contribution in [2.75, 3.05) is 0 Å². The lowest BCUT2D eigenvalue weighted by atomic mass is 10.2. The zero-order chi connectivity index (χ0) is 16.1. The normalized spacial score (nSPS) is 11.5. The topological polar surface area (TPSA) is 75.2 Å². The molecule has 6 nitrogen and oxygen atoms in total. The molecule has 0 amide bonds. The third-order valence-electron chi connectivity index (χ3n) is 3.97. The van der Waals surface area contributed by atoms with Gasteiger partial charge in [0.2, 0.25) is 0 Å². The largest absolute Gasteiger partial charge is 0.307 e. The SMILES string of the molecule is Clc1ccc(-n2cc(-c3nc4cc5c[nH][nH]c5cc4n3)cn2)cc1. The van der Waals surface area contributed by atoms with E-state index in [0.29, 0.717) is 10.8 Å². The standard InChI is InChI=1S/C17H11ClN6/c18-12-1-3-13(4-2-12)24-9-11(8-20-24)17-21-15-5-10-7-19-23-14(10)6-16(15)22-17/h1-9,19,23H. The van der Waals surface area contributed by atoms with Crippen molar-refractivity contribution in [1.82, 2.24) is 29.9 Å². The number of hydrogen-bond donors (Lipinski definition) is 2. The van der Waals surface area contributed by atoms with Gasteiger partial charge in [-0.1, -0.05) is 11.6 Å². The first-order chi connectivity index (χ1) is 11.8. The van der Waals surface area contributed by atoms with Gasteiger partial charge >= 0.3 is 0 Å². The van der Waals surface area contributed by atoms with Crippen LogP contribution in [0.15, 0.2) is 55.0 Å². The molecule has 0 spiro atoms. The van der Waals surface area contributed by atoms with Gasteiger partial charge in [0.15, 0.2) is 5.82 Å². The van der Waals surface area contributed by atoms with E-state index in [2.05, 4.69) is 25.3 Å². The van der Waals surface area contributed by atoms with Crippen LogP contribution in [-0.4, -0.2) is 29.9 Å². The van der Waals surface area contributed by atoms with Gasteiger partial charge in [0, 0.05) is 22.8 Å². The number of nitrogens with one attached hydrogen (secondary N) is 2. The molecule has 0 bridgehead atoms. The van der Waals surface area contributed by atoms with Crippen LogP contribution in [0.5, 0.6) is 0 Å². The fraction of sp³-hybridized carbons (Fsp3) is 0. The molecule has 3 heterocycles. The summed E-state index contributed by atoms with van der Waals surface area (Å²) in [5.41, 5.74) is 4.53. The Morgan fingerprint density at radius 3 is 2.62 bits per heavy atom. The zero-order valence-electron chi connectivity index (χ0n) is 12.4. The molecular formula is C17H11ClN6. The van der Waals surface area contributed by atoms with Crippen LogP contribution in [0, 0.1) is 0 Å². The van der Waals surface area contributed by atoms with Gasteiger partial charge in [0.05, 0.1) is 34.0 Å². The van der Waals surface area contributed by atoms with Gasteiger partial charge in [0.25, 0.3) is 0 Å². The average Bonchev–Trinajstić information content (AvgIpc) is 3.31. The fourth-order valence-electron chi connectivity index (χ4n) is 2.75. The maximum atomic E-state index is 5.93. The number of imidazole rings is 1. The van der Waals surface area contributed by atoms with Gasteiger partial charge < -0.3 is 10.2 Å². The Hall–Kier alpha value is -3.12. The van der Waals surface area contributed by atoms with Gasteiger partial charge in [-0.05, 0) is 36.4 Å². The van der Waals surface area contributed by atoms with Crippen molar-refractivity contribution in [3.63, 3.8) is 0 Å². The number of rotatable bonds is 2. The lowest BCUT2D eigenvalue weighted by Gasteiger charge is -1.99.